The van der Waals surface area contributed by atoms with Crippen LogP contribution in [0.3, 0.4) is 0 Å². The van der Waals surface area contributed by atoms with Gasteiger partial charge in [-0.25, -0.2) is 0 Å². The summed E-state index contributed by atoms with van der Waals surface area (Å²) in [7, 11) is 0. The first-order valence-corrected chi connectivity index (χ1v) is 5.58. The van der Waals surface area contributed by atoms with Gasteiger partial charge in [0.1, 0.15) is 0 Å². The Morgan fingerprint density at radius 2 is 1.92 bits per heavy atom. The maximum atomic E-state index is 9.26. The fraction of sp³-hybridized carbons (Fsp3) is 0.500. The minimum atomic E-state index is 0.00773. The van der Waals surface area contributed by atoms with Gasteiger partial charge in [-0.3, -0.25) is 0 Å². The first-order chi connectivity index (χ1) is 5.79. The van der Waals surface area contributed by atoms with Crippen LogP contribution in [0.25, 0.3) is 0 Å². The fourth-order valence-electron chi connectivity index (χ4n) is 0.784. The zero-order valence-electron chi connectivity index (χ0n) is 8.66. The predicted octanol–water partition coefficient (Wildman–Crippen LogP) is 2.18. The Hall–Kier alpha value is -0.202. The summed E-state index contributed by atoms with van der Waals surface area (Å²) in [5.74, 6) is 0. The summed E-state index contributed by atoms with van der Waals surface area (Å²) >= 11 is 1.08. The van der Waals surface area contributed by atoms with Gasteiger partial charge in [-0.1, -0.05) is 0 Å². The summed E-state index contributed by atoms with van der Waals surface area (Å²) in [5.41, 5.74) is 0.901. The molecule has 3 heteroatoms. The number of nitrogens with zero attached hydrogens (tertiary/aromatic N) is 1. The van der Waals surface area contributed by atoms with E-state index in [1.54, 1.807) is 6.20 Å². The van der Waals surface area contributed by atoms with E-state index in [0.717, 1.165) is 24.9 Å². The SMILES string of the molecule is C=CN(C=C(C)[C](O)=[W])C(C)(C)C. The molecule has 13 heavy (non-hydrogen) atoms. The Kier molecular flexibility index (Phi) is 4.80. The van der Waals surface area contributed by atoms with E-state index in [-0.39, 0.29) is 5.54 Å². The van der Waals surface area contributed by atoms with Gasteiger partial charge in [0.15, 0.2) is 0 Å². The van der Waals surface area contributed by atoms with E-state index in [1.807, 2.05) is 18.0 Å². The first-order valence-electron chi connectivity index (χ1n) is 4.11. The Morgan fingerprint density at radius 1 is 1.46 bits per heavy atom. The van der Waals surface area contributed by atoms with Crippen molar-refractivity contribution < 1.29 is 24.5 Å². The molecule has 1 N–H and O–H groups in total. The van der Waals surface area contributed by atoms with Gasteiger partial charge < -0.3 is 0 Å². The number of aliphatic hydroxyl groups excluding tert-OH is 1. The molecule has 0 aliphatic carbocycles. The summed E-state index contributed by atoms with van der Waals surface area (Å²) in [6.07, 6.45) is 3.68. The Bertz CT molecular complexity index is 238. The normalized spacial score (nSPS) is 12.5. The van der Waals surface area contributed by atoms with Gasteiger partial charge in [-0.15, -0.1) is 0 Å². The predicted molar refractivity (Wildman–Crippen MR) is 52.5 cm³/mol. The molecule has 2 nitrogen and oxygen atoms in total. The van der Waals surface area contributed by atoms with Crippen molar-refractivity contribution in [3.63, 3.8) is 0 Å². The zero-order valence-corrected chi connectivity index (χ0v) is 11.6. The van der Waals surface area contributed by atoms with Gasteiger partial charge in [0.25, 0.3) is 0 Å². The van der Waals surface area contributed by atoms with E-state index in [1.165, 1.54) is 0 Å². The van der Waals surface area contributed by atoms with Gasteiger partial charge >= 0.3 is 91.2 Å². The maximum absolute atomic E-state index is 9.26. The van der Waals surface area contributed by atoms with E-state index < -0.39 is 0 Å². The quantitative estimate of drug-likeness (QED) is 0.843. The summed E-state index contributed by atoms with van der Waals surface area (Å²) in [6.45, 7) is 11.9. The molecular formula is C10H17NOW. The Labute approximate surface area is 91.4 Å². The minimum absolute atomic E-state index is 0.00773. The third-order valence-electron chi connectivity index (χ3n) is 1.64. The molecule has 0 fully saturated rings. The molecule has 0 aromatic rings. The molecule has 0 heterocycles. The molecule has 0 atom stereocenters. The zero-order chi connectivity index (χ0) is 10.6. The van der Waals surface area contributed by atoms with Gasteiger partial charge in [0.2, 0.25) is 0 Å². The van der Waals surface area contributed by atoms with E-state index in [2.05, 4.69) is 27.4 Å². The second kappa shape index (κ2) is 4.88. The Balaban J connectivity index is 4.74. The van der Waals surface area contributed by atoms with Crippen molar-refractivity contribution in [2.75, 3.05) is 0 Å². The van der Waals surface area contributed by atoms with Crippen molar-refractivity contribution in [2.24, 2.45) is 0 Å². The summed E-state index contributed by atoms with van der Waals surface area (Å²) in [6, 6.07) is 0. The van der Waals surface area contributed by atoms with E-state index in [9.17, 15) is 5.11 Å². The summed E-state index contributed by atoms with van der Waals surface area (Å²) < 4.78 is 0.427. The van der Waals surface area contributed by atoms with Gasteiger partial charge in [-0.2, -0.15) is 0 Å². The average molecular weight is 351 g/mol. The third kappa shape index (κ3) is 4.54. The van der Waals surface area contributed by atoms with Crippen LogP contribution >= 0.6 is 0 Å². The van der Waals surface area contributed by atoms with Crippen molar-refractivity contribution in [3.8, 4) is 0 Å². The molecule has 74 valence electrons. The average Bonchev–Trinajstić information content (AvgIpc) is 1.96. The van der Waals surface area contributed by atoms with Crippen molar-refractivity contribution in [1.82, 2.24) is 4.90 Å². The van der Waals surface area contributed by atoms with Crippen LogP contribution in [0, 0.1) is 0 Å². The molecular weight excluding hydrogens is 334 g/mol. The number of hydrogen-bond donors (Lipinski definition) is 1. The van der Waals surface area contributed by atoms with Gasteiger partial charge in [0.05, 0.1) is 0 Å². The number of rotatable bonds is 3. The molecule has 0 bridgehead atoms. The molecule has 0 saturated heterocycles. The molecule has 0 spiro atoms. The summed E-state index contributed by atoms with van der Waals surface area (Å²) in [4.78, 5) is 1.99. The molecule has 0 aliphatic rings. The Morgan fingerprint density at radius 3 is 2.15 bits per heavy atom. The van der Waals surface area contributed by atoms with E-state index in [0.29, 0.717) is 4.08 Å². The van der Waals surface area contributed by atoms with Crippen LogP contribution in [0.4, 0.5) is 0 Å². The van der Waals surface area contributed by atoms with Crippen LogP contribution in [-0.4, -0.2) is 19.6 Å². The second-order valence-corrected chi connectivity index (χ2v) is 5.27. The molecule has 0 rings (SSSR count). The van der Waals surface area contributed by atoms with Crippen molar-refractivity contribution in [2.45, 2.75) is 33.2 Å². The van der Waals surface area contributed by atoms with Crippen LogP contribution in [0.15, 0.2) is 24.6 Å². The number of hydrogen-bond acceptors (Lipinski definition) is 2. The van der Waals surface area contributed by atoms with Crippen LogP contribution in [0.1, 0.15) is 27.7 Å². The topological polar surface area (TPSA) is 23.5 Å². The van der Waals surface area contributed by atoms with Crippen molar-refractivity contribution >= 4 is 4.08 Å². The van der Waals surface area contributed by atoms with Crippen LogP contribution < -0.4 is 0 Å². The fourth-order valence-corrected chi connectivity index (χ4v) is 0.973. The van der Waals surface area contributed by atoms with Crippen molar-refractivity contribution in [1.29, 1.82) is 0 Å². The molecule has 0 aromatic carbocycles. The van der Waals surface area contributed by atoms with Crippen LogP contribution in [-0.2, 0) is 19.4 Å². The van der Waals surface area contributed by atoms with Crippen LogP contribution in [0.5, 0.6) is 0 Å². The van der Waals surface area contributed by atoms with Gasteiger partial charge in [-0.05, 0) is 0 Å². The molecule has 0 saturated carbocycles. The molecule has 0 aromatic heterocycles. The molecule has 0 amide bonds. The number of aliphatic hydroxyl groups is 1. The first kappa shape index (κ1) is 12.8. The standard InChI is InChI=1S/C10H17NO.W/c1-6-11(10(3,4)5)7-9(2)8-12;/h6-7,12H,1H2,2-5H3;. The monoisotopic (exact) mass is 351 g/mol. The van der Waals surface area contributed by atoms with Crippen LogP contribution in [0.2, 0.25) is 0 Å². The third-order valence-corrected chi connectivity index (χ3v) is 2.80. The molecule has 0 unspecified atom stereocenters. The van der Waals surface area contributed by atoms with Crippen molar-refractivity contribution in [3.05, 3.63) is 24.6 Å². The second-order valence-electron chi connectivity index (χ2n) is 3.88. The molecule has 0 radical (unpaired) electrons. The van der Waals surface area contributed by atoms with E-state index >= 15 is 0 Å². The van der Waals surface area contributed by atoms with E-state index in [4.69, 9.17) is 0 Å². The molecule has 0 aliphatic heterocycles. The summed E-state index contributed by atoms with van der Waals surface area (Å²) in [5, 5.41) is 9.26. The van der Waals surface area contributed by atoms with Gasteiger partial charge in [0, 0.05) is 0 Å².